The molecule has 0 unspecified atom stereocenters. The van der Waals surface area contributed by atoms with Crippen molar-refractivity contribution < 1.29 is 9.18 Å². The first-order valence-corrected chi connectivity index (χ1v) is 10.2. The fraction of sp³-hybridized carbons (Fsp3) is 0.421. The minimum atomic E-state index is -0.688. The van der Waals surface area contributed by atoms with Gasteiger partial charge in [-0.3, -0.25) is 19.1 Å². The third kappa shape index (κ3) is 5.03. The van der Waals surface area contributed by atoms with Crippen LogP contribution in [0.25, 0.3) is 0 Å². The molecule has 9 heteroatoms. The van der Waals surface area contributed by atoms with Crippen molar-refractivity contribution in [1.29, 1.82) is 0 Å². The number of nitrogens with two attached hydrogens (primary N) is 1. The van der Waals surface area contributed by atoms with E-state index in [1.54, 1.807) is 25.1 Å². The molecule has 2 rings (SSSR count). The van der Waals surface area contributed by atoms with E-state index in [-0.39, 0.29) is 36.2 Å². The van der Waals surface area contributed by atoms with E-state index in [2.05, 4.69) is 4.98 Å². The maximum Gasteiger partial charge on any atom is 0.330 e. The molecule has 28 heavy (non-hydrogen) atoms. The number of carbonyl (C=O) groups is 1. The first-order chi connectivity index (χ1) is 13.4. The summed E-state index contributed by atoms with van der Waals surface area (Å²) in [7, 11) is 0. The van der Waals surface area contributed by atoms with Gasteiger partial charge in [-0.25, -0.2) is 9.18 Å². The number of thioether (sulfide) groups is 1. The Labute approximate surface area is 166 Å². The Bertz CT molecular complexity index is 942. The Hall–Kier alpha value is -2.55. The fourth-order valence-electron chi connectivity index (χ4n) is 2.78. The van der Waals surface area contributed by atoms with Gasteiger partial charge in [0.1, 0.15) is 11.6 Å². The van der Waals surface area contributed by atoms with Gasteiger partial charge in [-0.15, -0.1) is 11.8 Å². The number of hydrogen-bond donors (Lipinski definition) is 2. The van der Waals surface area contributed by atoms with Crippen LogP contribution in [-0.4, -0.2) is 27.8 Å². The number of H-pyrrole nitrogens is 1. The van der Waals surface area contributed by atoms with Crippen molar-refractivity contribution in [2.24, 2.45) is 0 Å². The van der Waals surface area contributed by atoms with Crippen LogP contribution in [0.5, 0.6) is 0 Å². The molecule has 0 radical (unpaired) electrons. The van der Waals surface area contributed by atoms with Gasteiger partial charge >= 0.3 is 5.69 Å². The highest BCUT2D eigenvalue weighted by Crippen LogP contribution is 2.23. The van der Waals surface area contributed by atoms with Crippen LogP contribution >= 0.6 is 11.8 Å². The molecule has 2 aromatic rings. The van der Waals surface area contributed by atoms with Crippen molar-refractivity contribution in [3.63, 3.8) is 0 Å². The zero-order valence-electron chi connectivity index (χ0n) is 16.0. The molecule has 1 aromatic carbocycles. The Morgan fingerprint density at radius 1 is 1.29 bits per heavy atom. The molecule has 0 spiro atoms. The van der Waals surface area contributed by atoms with E-state index >= 15 is 0 Å². The Balaban J connectivity index is 2.19. The first kappa shape index (κ1) is 21.7. The van der Waals surface area contributed by atoms with E-state index in [0.717, 1.165) is 12.8 Å². The van der Waals surface area contributed by atoms with Gasteiger partial charge in [-0.2, -0.15) is 0 Å². The van der Waals surface area contributed by atoms with Crippen molar-refractivity contribution in [1.82, 2.24) is 9.55 Å². The summed E-state index contributed by atoms with van der Waals surface area (Å²) in [6, 6.07) is 6.34. The van der Waals surface area contributed by atoms with E-state index in [1.165, 1.54) is 27.3 Å². The van der Waals surface area contributed by atoms with Crippen molar-refractivity contribution in [2.45, 2.75) is 44.6 Å². The van der Waals surface area contributed by atoms with Crippen molar-refractivity contribution in [2.75, 3.05) is 22.9 Å². The molecule has 152 valence electrons. The van der Waals surface area contributed by atoms with Crippen LogP contribution < -0.4 is 21.9 Å². The van der Waals surface area contributed by atoms with Gasteiger partial charge in [0.15, 0.2) is 5.69 Å². The number of carbonyl (C=O) groups excluding carboxylic acids is 1. The molecule has 0 aliphatic rings. The number of nitrogens with one attached hydrogen (secondary N) is 1. The SMILES string of the molecule is CCCCn1c(N)c(N(CC)C(=O)CCSc2ccccc2F)c(=O)[nH]c1=O. The lowest BCUT2D eigenvalue weighted by Crippen LogP contribution is -2.41. The second kappa shape index (κ2) is 10.1. The second-order valence-corrected chi connectivity index (χ2v) is 7.30. The lowest BCUT2D eigenvalue weighted by Gasteiger charge is -2.23. The Morgan fingerprint density at radius 3 is 2.64 bits per heavy atom. The first-order valence-electron chi connectivity index (χ1n) is 9.20. The highest BCUT2D eigenvalue weighted by Gasteiger charge is 2.22. The second-order valence-electron chi connectivity index (χ2n) is 6.17. The minimum Gasteiger partial charge on any atom is -0.383 e. The lowest BCUT2D eigenvalue weighted by molar-refractivity contribution is -0.118. The number of nitrogens with zero attached hydrogens (tertiary/aromatic N) is 2. The topological polar surface area (TPSA) is 101 Å². The van der Waals surface area contributed by atoms with Crippen molar-refractivity contribution in [3.8, 4) is 0 Å². The molecule has 1 aromatic heterocycles. The quantitative estimate of drug-likeness (QED) is 0.621. The number of benzene rings is 1. The van der Waals surface area contributed by atoms with Gasteiger partial charge in [0.2, 0.25) is 5.91 Å². The maximum atomic E-state index is 13.7. The van der Waals surface area contributed by atoms with E-state index in [9.17, 15) is 18.8 Å². The number of anilines is 2. The zero-order chi connectivity index (χ0) is 20.7. The summed E-state index contributed by atoms with van der Waals surface area (Å²) in [5, 5.41) is 0. The molecule has 0 saturated carbocycles. The summed E-state index contributed by atoms with van der Waals surface area (Å²) in [5.41, 5.74) is 4.79. The average molecular weight is 408 g/mol. The third-order valence-corrected chi connectivity index (χ3v) is 5.30. The number of hydrogen-bond acceptors (Lipinski definition) is 5. The van der Waals surface area contributed by atoms with E-state index in [0.29, 0.717) is 17.2 Å². The number of aromatic nitrogens is 2. The molecule has 0 aliphatic carbocycles. The summed E-state index contributed by atoms with van der Waals surface area (Å²) >= 11 is 1.23. The molecule has 0 atom stereocenters. The van der Waals surface area contributed by atoms with Gasteiger partial charge in [0.25, 0.3) is 5.56 Å². The highest BCUT2D eigenvalue weighted by molar-refractivity contribution is 7.99. The fourth-order valence-corrected chi connectivity index (χ4v) is 3.66. The van der Waals surface area contributed by atoms with Gasteiger partial charge in [0.05, 0.1) is 0 Å². The zero-order valence-corrected chi connectivity index (χ0v) is 16.9. The van der Waals surface area contributed by atoms with Crippen LogP contribution in [0, 0.1) is 5.82 Å². The molecular formula is C19H25FN4O3S. The molecule has 0 saturated heterocycles. The minimum absolute atomic E-state index is 0.0147. The van der Waals surface area contributed by atoms with Crippen molar-refractivity contribution >= 4 is 29.2 Å². The number of amides is 1. The predicted molar refractivity (Wildman–Crippen MR) is 110 cm³/mol. The lowest BCUT2D eigenvalue weighted by atomic mass is 10.3. The van der Waals surface area contributed by atoms with E-state index in [4.69, 9.17) is 5.73 Å². The molecule has 0 bridgehead atoms. The molecular weight excluding hydrogens is 383 g/mol. The summed E-state index contributed by atoms with van der Waals surface area (Å²) in [6.45, 7) is 4.29. The van der Waals surface area contributed by atoms with Crippen LogP contribution in [0.2, 0.25) is 0 Å². The van der Waals surface area contributed by atoms with Crippen LogP contribution in [-0.2, 0) is 11.3 Å². The largest absolute Gasteiger partial charge is 0.383 e. The van der Waals surface area contributed by atoms with E-state index < -0.39 is 11.2 Å². The maximum absolute atomic E-state index is 13.7. The highest BCUT2D eigenvalue weighted by atomic mass is 32.2. The number of halogens is 1. The molecule has 0 fully saturated rings. The molecule has 1 amide bonds. The normalized spacial score (nSPS) is 10.8. The summed E-state index contributed by atoms with van der Waals surface area (Å²) in [5.74, 6) is -0.317. The van der Waals surface area contributed by atoms with Gasteiger partial charge in [-0.1, -0.05) is 25.5 Å². The standard InChI is InChI=1S/C19H25FN4O3S/c1-3-5-11-24-17(21)16(18(26)22-19(24)27)23(4-2)15(25)10-12-28-14-9-7-6-8-13(14)20/h6-9H,3-5,10-12,21H2,1-2H3,(H,22,26,27). The average Bonchev–Trinajstić information content (AvgIpc) is 2.66. The smallest absolute Gasteiger partial charge is 0.330 e. The Morgan fingerprint density at radius 2 is 2.00 bits per heavy atom. The number of rotatable bonds is 9. The third-order valence-electron chi connectivity index (χ3n) is 4.25. The van der Waals surface area contributed by atoms with Crippen LogP contribution in [0.4, 0.5) is 15.9 Å². The Kier molecular flexibility index (Phi) is 7.86. The number of unbranched alkanes of at least 4 members (excludes halogenated alkanes) is 1. The summed E-state index contributed by atoms with van der Waals surface area (Å²) in [4.78, 5) is 41.0. The monoisotopic (exact) mass is 408 g/mol. The van der Waals surface area contributed by atoms with E-state index in [1.807, 2.05) is 6.92 Å². The van der Waals surface area contributed by atoms with Crippen LogP contribution in [0.3, 0.4) is 0 Å². The summed E-state index contributed by atoms with van der Waals surface area (Å²) < 4.78 is 15.0. The molecule has 7 nitrogen and oxygen atoms in total. The molecule has 0 aliphatic heterocycles. The van der Waals surface area contributed by atoms with Gasteiger partial charge in [0, 0.05) is 30.2 Å². The summed E-state index contributed by atoms with van der Waals surface area (Å²) in [6.07, 6.45) is 1.67. The van der Waals surface area contributed by atoms with Gasteiger partial charge < -0.3 is 10.6 Å². The number of aromatic amines is 1. The van der Waals surface area contributed by atoms with Gasteiger partial charge in [-0.05, 0) is 25.5 Å². The molecule has 3 N–H and O–H groups in total. The predicted octanol–water partition coefficient (Wildman–Crippen LogP) is 2.59. The molecule has 1 heterocycles. The van der Waals surface area contributed by atoms with Crippen molar-refractivity contribution in [3.05, 3.63) is 50.9 Å². The van der Waals surface area contributed by atoms with Crippen LogP contribution in [0.15, 0.2) is 38.8 Å². The number of nitrogen functional groups attached to an aromatic ring is 1. The van der Waals surface area contributed by atoms with Crippen LogP contribution in [0.1, 0.15) is 33.1 Å².